The lowest BCUT2D eigenvalue weighted by molar-refractivity contribution is -0.127. The summed E-state index contributed by atoms with van der Waals surface area (Å²) in [7, 11) is 0. The molecule has 0 aliphatic heterocycles. The number of carbonyl (C=O) groups excluding carboxylic acids is 1. The third kappa shape index (κ3) is 5.32. The Morgan fingerprint density at radius 2 is 2.04 bits per heavy atom. The highest BCUT2D eigenvalue weighted by Crippen LogP contribution is 2.30. The molecule has 2 aromatic heterocycles. The summed E-state index contributed by atoms with van der Waals surface area (Å²) in [5, 5.41) is 1.18. The molecule has 1 unspecified atom stereocenters. The molecule has 5 nitrogen and oxygen atoms in total. The second-order valence-electron chi connectivity index (χ2n) is 6.57. The molecule has 0 aliphatic rings. The Bertz CT molecular complexity index is 875. The van der Waals surface area contributed by atoms with Gasteiger partial charge in [0.1, 0.15) is 4.83 Å². The molecule has 2 rings (SSSR count). The van der Waals surface area contributed by atoms with E-state index in [0.29, 0.717) is 29.6 Å². The van der Waals surface area contributed by atoms with Gasteiger partial charge in [-0.15, -0.1) is 24.5 Å². The zero-order valence-corrected chi connectivity index (χ0v) is 17.8. The highest BCUT2D eigenvalue weighted by molar-refractivity contribution is 7.99. The van der Waals surface area contributed by atoms with Crippen molar-refractivity contribution in [1.29, 1.82) is 0 Å². The summed E-state index contributed by atoms with van der Waals surface area (Å²) < 4.78 is 0. The summed E-state index contributed by atoms with van der Waals surface area (Å²) in [6, 6.07) is 0. The molecule has 0 saturated heterocycles. The van der Waals surface area contributed by atoms with E-state index in [-0.39, 0.29) is 17.2 Å². The van der Waals surface area contributed by atoms with E-state index in [1.807, 2.05) is 6.92 Å². The first-order valence-electron chi connectivity index (χ1n) is 9.05. The van der Waals surface area contributed by atoms with Gasteiger partial charge >= 0.3 is 0 Å². The van der Waals surface area contributed by atoms with E-state index in [0.717, 1.165) is 28.1 Å². The van der Waals surface area contributed by atoms with Crippen molar-refractivity contribution in [3.63, 3.8) is 0 Å². The van der Waals surface area contributed by atoms with Gasteiger partial charge in [-0.05, 0) is 24.8 Å². The molecule has 27 heavy (non-hydrogen) atoms. The van der Waals surface area contributed by atoms with Gasteiger partial charge in [0.2, 0.25) is 5.91 Å². The van der Waals surface area contributed by atoms with E-state index < -0.39 is 0 Å². The van der Waals surface area contributed by atoms with Crippen LogP contribution >= 0.6 is 23.1 Å². The van der Waals surface area contributed by atoms with Crippen LogP contribution in [0.2, 0.25) is 0 Å². The van der Waals surface area contributed by atoms with Gasteiger partial charge in [0.05, 0.1) is 11.1 Å². The van der Waals surface area contributed by atoms with Crippen LogP contribution < -0.4 is 5.56 Å². The molecule has 0 saturated carbocycles. The lowest BCUT2D eigenvalue weighted by Gasteiger charge is -2.18. The summed E-state index contributed by atoms with van der Waals surface area (Å²) in [5.41, 5.74) is 0.987. The fourth-order valence-corrected chi connectivity index (χ4v) is 4.65. The first-order valence-corrected chi connectivity index (χ1v) is 10.9. The van der Waals surface area contributed by atoms with Gasteiger partial charge in [0.15, 0.2) is 5.16 Å². The molecule has 0 fully saturated rings. The van der Waals surface area contributed by atoms with Crippen LogP contribution in [-0.4, -0.2) is 39.6 Å². The number of nitrogens with one attached hydrogen (secondary N) is 1. The number of amides is 1. The number of rotatable bonds is 10. The van der Waals surface area contributed by atoms with Gasteiger partial charge in [-0.3, -0.25) is 9.59 Å². The van der Waals surface area contributed by atoms with Crippen molar-refractivity contribution < 1.29 is 4.79 Å². The van der Waals surface area contributed by atoms with Gasteiger partial charge < -0.3 is 9.88 Å². The number of nitrogens with zero attached hydrogens (tertiary/aromatic N) is 2. The van der Waals surface area contributed by atoms with Gasteiger partial charge in [0, 0.05) is 18.0 Å². The van der Waals surface area contributed by atoms with E-state index in [1.165, 1.54) is 11.8 Å². The molecule has 0 radical (unpaired) electrons. The number of aryl methyl sites for hydroxylation is 1. The van der Waals surface area contributed by atoms with E-state index in [4.69, 9.17) is 0 Å². The number of fused-ring (bicyclic) bond motifs is 1. The molecular formula is C20H27N3O2S2. The average Bonchev–Trinajstić information content (AvgIpc) is 2.95. The molecular weight excluding hydrogens is 378 g/mol. The fourth-order valence-electron chi connectivity index (χ4n) is 2.77. The number of thioether (sulfide) groups is 1. The van der Waals surface area contributed by atoms with Crippen LogP contribution in [0, 0.1) is 12.8 Å². The van der Waals surface area contributed by atoms with Crippen molar-refractivity contribution in [1.82, 2.24) is 14.9 Å². The number of hydrogen-bond donors (Lipinski definition) is 1. The maximum absolute atomic E-state index is 12.7. The van der Waals surface area contributed by atoms with Gasteiger partial charge in [-0.25, -0.2) is 4.98 Å². The van der Waals surface area contributed by atoms with Crippen molar-refractivity contribution in [2.45, 2.75) is 38.8 Å². The number of carbonyl (C=O) groups is 1. The van der Waals surface area contributed by atoms with Crippen LogP contribution in [0.5, 0.6) is 0 Å². The third-order valence-electron chi connectivity index (χ3n) is 4.47. The third-order valence-corrected chi connectivity index (χ3v) is 6.37. The van der Waals surface area contributed by atoms with E-state index in [9.17, 15) is 9.59 Å². The molecule has 2 heterocycles. The van der Waals surface area contributed by atoms with Crippen LogP contribution in [0.4, 0.5) is 0 Å². The molecule has 0 bridgehead atoms. The normalized spacial score (nSPS) is 12.1. The zero-order valence-electron chi connectivity index (χ0n) is 16.2. The Kier molecular flexibility index (Phi) is 7.86. The summed E-state index contributed by atoms with van der Waals surface area (Å²) in [5.74, 6) is 0.691. The van der Waals surface area contributed by atoms with E-state index >= 15 is 0 Å². The number of H-pyrrole nitrogens is 1. The standard InChI is InChI=1S/C20H27N3O2S2/c1-6-9-23(10-7-2)16(24)12-26-20-21-18(25)17-15(11-13(4)8-3)14(5)27-19(17)22-20/h6-7,13H,1-2,8-12H2,3-5H3,(H,21,22,25). The molecule has 1 amide bonds. The summed E-state index contributed by atoms with van der Waals surface area (Å²) in [6.07, 6.45) is 5.33. The summed E-state index contributed by atoms with van der Waals surface area (Å²) in [4.78, 5) is 36.0. The van der Waals surface area contributed by atoms with E-state index in [2.05, 4.69) is 37.0 Å². The lowest BCUT2D eigenvalue weighted by atomic mass is 9.98. The predicted octanol–water partition coefficient (Wildman–Crippen LogP) is 4.17. The van der Waals surface area contributed by atoms with Crippen LogP contribution in [-0.2, 0) is 11.2 Å². The van der Waals surface area contributed by atoms with Crippen molar-refractivity contribution in [3.05, 3.63) is 46.1 Å². The quantitative estimate of drug-likeness (QED) is 0.366. The topological polar surface area (TPSA) is 66.1 Å². The number of thiophene rings is 1. The fraction of sp³-hybridized carbons (Fsp3) is 0.450. The molecule has 2 aromatic rings. The van der Waals surface area contributed by atoms with Crippen molar-refractivity contribution in [3.8, 4) is 0 Å². The van der Waals surface area contributed by atoms with Gasteiger partial charge in [0.25, 0.3) is 5.56 Å². The molecule has 0 aromatic carbocycles. The highest BCUT2D eigenvalue weighted by Gasteiger charge is 2.18. The maximum atomic E-state index is 12.7. The minimum atomic E-state index is -0.119. The second kappa shape index (κ2) is 9.90. The molecule has 1 atom stereocenters. The largest absolute Gasteiger partial charge is 0.335 e. The number of aromatic nitrogens is 2. The molecule has 0 aliphatic carbocycles. The Balaban J connectivity index is 2.21. The molecule has 0 spiro atoms. The monoisotopic (exact) mass is 405 g/mol. The summed E-state index contributed by atoms with van der Waals surface area (Å²) >= 11 is 2.80. The minimum Gasteiger partial charge on any atom is -0.335 e. The maximum Gasteiger partial charge on any atom is 0.260 e. The first-order chi connectivity index (χ1) is 12.9. The van der Waals surface area contributed by atoms with Crippen LogP contribution in [0.15, 0.2) is 35.3 Å². The molecule has 1 N–H and O–H groups in total. The minimum absolute atomic E-state index is 0.0395. The Morgan fingerprint density at radius 3 is 2.63 bits per heavy atom. The van der Waals surface area contributed by atoms with E-state index in [1.54, 1.807) is 28.4 Å². The van der Waals surface area contributed by atoms with Crippen LogP contribution in [0.25, 0.3) is 10.2 Å². The van der Waals surface area contributed by atoms with Crippen molar-refractivity contribution >= 4 is 39.2 Å². The molecule has 146 valence electrons. The van der Waals surface area contributed by atoms with Crippen molar-refractivity contribution in [2.75, 3.05) is 18.8 Å². The smallest absolute Gasteiger partial charge is 0.260 e. The van der Waals surface area contributed by atoms with Gasteiger partial charge in [-0.2, -0.15) is 0 Å². The van der Waals surface area contributed by atoms with Crippen molar-refractivity contribution in [2.24, 2.45) is 5.92 Å². The van der Waals surface area contributed by atoms with Crippen LogP contribution in [0.3, 0.4) is 0 Å². The zero-order chi connectivity index (χ0) is 20.0. The SMILES string of the molecule is C=CCN(CC=C)C(=O)CSc1nc2sc(C)c(CC(C)CC)c2c(=O)[nH]1. The van der Waals surface area contributed by atoms with Gasteiger partial charge in [-0.1, -0.05) is 44.2 Å². The highest BCUT2D eigenvalue weighted by atomic mass is 32.2. The Labute approximate surface area is 168 Å². The Hall–Kier alpha value is -1.86. The predicted molar refractivity (Wildman–Crippen MR) is 116 cm³/mol. The first kappa shape index (κ1) is 21.4. The molecule has 7 heteroatoms. The van der Waals surface area contributed by atoms with Crippen LogP contribution in [0.1, 0.15) is 30.7 Å². The second-order valence-corrected chi connectivity index (χ2v) is 8.74. The number of aromatic amines is 1. The average molecular weight is 406 g/mol. The Morgan fingerprint density at radius 1 is 1.37 bits per heavy atom. The summed E-state index contributed by atoms with van der Waals surface area (Å²) in [6.45, 7) is 14.7. The lowest BCUT2D eigenvalue weighted by Crippen LogP contribution is -2.32. The number of hydrogen-bond acceptors (Lipinski definition) is 5.